The topological polar surface area (TPSA) is 76.7 Å². The summed E-state index contributed by atoms with van der Waals surface area (Å²) in [5, 5.41) is 6.02. The smallest absolute Gasteiger partial charge is 0.262 e. The standard InChI is InChI=1S/C23H22BClN2O4S/c1-23(2,27-21(28)19-10-11-20(24)32-19)22(29)26-13-14-4-6-15(7-5-14)31-18-9-8-16(30-3)12-17(18)25/h4-12H,13H2,1-3H3,(H,26,29)(H,27,28). The fourth-order valence-electron chi connectivity index (χ4n) is 2.77. The zero-order chi connectivity index (χ0) is 23.3. The van der Waals surface area contributed by atoms with Crippen molar-refractivity contribution in [2.45, 2.75) is 25.9 Å². The van der Waals surface area contributed by atoms with Crippen molar-refractivity contribution in [2.24, 2.45) is 0 Å². The SMILES string of the molecule is [B]c1ccc(C(=O)NC(C)(C)C(=O)NCc2ccc(Oc3ccc(OC)cc3Cl)cc2)s1. The van der Waals surface area contributed by atoms with Gasteiger partial charge in [-0.1, -0.05) is 29.8 Å². The fraction of sp³-hybridized carbons (Fsp3) is 0.217. The van der Waals surface area contributed by atoms with Crippen LogP contribution in [-0.2, 0) is 11.3 Å². The number of hydrogen-bond acceptors (Lipinski definition) is 5. The van der Waals surface area contributed by atoms with Crippen molar-refractivity contribution in [1.82, 2.24) is 10.6 Å². The predicted octanol–water partition coefficient (Wildman–Crippen LogP) is 3.82. The van der Waals surface area contributed by atoms with E-state index in [0.29, 0.717) is 38.5 Å². The van der Waals surface area contributed by atoms with E-state index in [-0.39, 0.29) is 11.8 Å². The van der Waals surface area contributed by atoms with Crippen molar-refractivity contribution < 1.29 is 19.1 Å². The van der Waals surface area contributed by atoms with Gasteiger partial charge in [-0.25, -0.2) is 0 Å². The average Bonchev–Trinajstić information content (AvgIpc) is 3.20. The van der Waals surface area contributed by atoms with Crippen LogP contribution in [0.15, 0.2) is 54.6 Å². The molecule has 164 valence electrons. The highest BCUT2D eigenvalue weighted by Gasteiger charge is 2.30. The number of halogens is 1. The van der Waals surface area contributed by atoms with E-state index in [1.807, 2.05) is 12.1 Å². The highest BCUT2D eigenvalue weighted by atomic mass is 35.5. The first-order chi connectivity index (χ1) is 15.2. The Kier molecular flexibility index (Phi) is 7.48. The Balaban J connectivity index is 1.55. The van der Waals surface area contributed by atoms with Crippen LogP contribution in [0.1, 0.15) is 29.1 Å². The lowest BCUT2D eigenvalue weighted by molar-refractivity contribution is -0.126. The Morgan fingerprint density at radius 3 is 2.34 bits per heavy atom. The minimum atomic E-state index is -1.09. The molecule has 2 radical (unpaired) electrons. The molecule has 0 bridgehead atoms. The summed E-state index contributed by atoms with van der Waals surface area (Å²) in [6, 6.07) is 15.7. The summed E-state index contributed by atoms with van der Waals surface area (Å²) in [5.74, 6) is 1.12. The fourth-order valence-corrected chi connectivity index (χ4v) is 3.65. The van der Waals surface area contributed by atoms with Gasteiger partial charge in [-0.05, 0) is 54.5 Å². The minimum Gasteiger partial charge on any atom is -0.497 e. The van der Waals surface area contributed by atoms with Crippen molar-refractivity contribution in [1.29, 1.82) is 0 Å². The number of hydrogen-bond donors (Lipinski definition) is 2. The molecule has 6 nitrogen and oxygen atoms in total. The van der Waals surface area contributed by atoms with Gasteiger partial charge in [0.1, 0.15) is 30.6 Å². The maximum atomic E-state index is 12.6. The molecule has 0 saturated carbocycles. The summed E-state index contributed by atoms with van der Waals surface area (Å²) < 4.78 is 11.5. The molecule has 0 saturated heterocycles. The average molecular weight is 469 g/mol. The molecular formula is C23H22BClN2O4S. The Labute approximate surface area is 197 Å². The molecule has 0 aliphatic rings. The van der Waals surface area contributed by atoms with Crippen molar-refractivity contribution in [3.63, 3.8) is 0 Å². The third kappa shape index (κ3) is 6.05. The van der Waals surface area contributed by atoms with Crippen LogP contribution in [-0.4, -0.2) is 32.3 Å². The Bertz CT molecular complexity index is 1120. The first kappa shape index (κ1) is 23.7. The van der Waals surface area contributed by atoms with Gasteiger partial charge in [0, 0.05) is 12.6 Å². The molecule has 1 aromatic heterocycles. The summed E-state index contributed by atoms with van der Waals surface area (Å²) in [7, 11) is 7.23. The molecule has 0 spiro atoms. The second-order valence-electron chi connectivity index (χ2n) is 7.51. The molecule has 0 fully saturated rings. The molecule has 3 rings (SSSR count). The third-order valence-electron chi connectivity index (χ3n) is 4.59. The lowest BCUT2D eigenvalue weighted by atomic mass is 10.0. The summed E-state index contributed by atoms with van der Waals surface area (Å²) in [5.41, 5.74) is -0.219. The van der Waals surface area contributed by atoms with E-state index >= 15 is 0 Å². The molecule has 0 aliphatic heterocycles. The van der Waals surface area contributed by atoms with E-state index in [4.69, 9.17) is 28.9 Å². The number of nitrogens with one attached hydrogen (secondary N) is 2. The van der Waals surface area contributed by atoms with Crippen molar-refractivity contribution in [2.75, 3.05) is 7.11 Å². The first-order valence-corrected chi connectivity index (χ1v) is 10.9. The number of rotatable bonds is 8. The van der Waals surface area contributed by atoms with Crippen LogP contribution in [0.3, 0.4) is 0 Å². The first-order valence-electron chi connectivity index (χ1n) is 9.74. The van der Waals surface area contributed by atoms with Crippen molar-refractivity contribution in [3.8, 4) is 17.2 Å². The van der Waals surface area contributed by atoms with E-state index in [1.165, 1.54) is 11.3 Å². The Morgan fingerprint density at radius 1 is 1.06 bits per heavy atom. The molecule has 0 atom stereocenters. The lowest BCUT2D eigenvalue weighted by Crippen LogP contribution is -2.54. The molecular weight excluding hydrogens is 447 g/mol. The van der Waals surface area contributed by atoms with Crippen LogP contribution in [0.25, 0.3) is 0 Å². The van der Waals surface area contributed by atoms with Gasteiger partial charge in [-0.2, -0.15) is 0 Å². The quantitative estimate of drug-likeness (QED) is 0.493. The van der Waals surface area contributed by atoms with Crippen LogP contribution < -0.4 is 24.9 Å². The van der Waals surface area contributed by atoms with Gasteiger partial charge in [0.15, 0.2) is 0 Å². The predicted molar refractivity (Wildman–Crippen MR) is 128 cm³/mol. The van der Waals surface area contributed by atoms with Crippen LogP contribution in [0.4, 0.5) is 0 Å². The Hall–Kier alpha value is -2.97. The van der Waals surface area contributed by atoms with Crippen LogP contribution in [0.2, 0.25) is 5.02 Å². The molecule has 2 amide bonds. The van der Waals surface area contributed by atoms with Gasteiger partial charge in [0.25, 0.3) is 5.91 Å². The number of amides is 2. The highest BCUT2D eigenvalue weighted by Crippen LogP contribution is 2.32. The van der Waals surface area contributed by atoms with Crippen LogP contribution in [0, 0.1) is 0 Å². The minimum absolute atomic E-state index is 0.299. The molecule has 1 heterocycles. The van der Waals surface area contributed by atoms with Gasteiger partial charge >= 0.3 is 0 Å². The molecule has 2 N–H and O–H groups in total. The molecule has 9 heteroatoms. The van der Waals surface area contributed by atoms with E-state index in [1.54, 1.807) is 63.4 Å². The Morgan fingerprint density at radius 2 is 1.75 bits per heavy atom. The number of carbonyl (C=O) groups excluding carboxylic acids is 2. The number of thiophene rings is 1. The second kappa shape index (κ2) is 10.1. The highest BCUT2D eigenvalue weighted by molar-refractivity contribution is 7.21. The van der Waals surface area contributed by atoms with E-state index < -0.39 is 5.54 Å². The number of methoxy groups -OCH3 is 1. The van der Waals surface area contributed by atoms with Gasteiger partial charge in [-0.15, -0.1) is 11.3 Å². The van der Waals surface area contributed by atoms with Crippen molar-refractivity contribution in [3.05, 3.63) is 70.1 Å². The van der Waals surface area contributed by atoms with Gasteiger partial charge in [0.2, 0.25) is 5.91 Å². The van der Waals surface area contributed by atoms with Gasteiger partial charge < -0.3 is 20.1 Å². The maximum Gasteiger partial charge on any atom is 0.262 e. The largest absolute Gasteiger partial charge is 0.497 e. The molecule has 0 aliphatic carbocycles. The van der Waals surface area contributed by atoms with Crippen LogP contribution >= 0.6 is 22.9 Å². The van der Waals surface area contributed by atoms with E-state index in [9.17, 15) is 9.59 Å². The lowest BCUT2D eigenvalue weighted by Gasteiger charge is -2.25. The number of benzene rings is 2. The summed E-state index contributed by atoms with van der Waals surface area (Å²) in [6.07, 6.45) is 0. The zero-order valence-corrected chi connectivity index (χ0v) is 19.5. The molecule has 2 aromatic carbocycles. The monoisotopic (exact) mass is 468 g/mol. The molecule has 0 unspecified atom stereocenters. The summed E-state index contributed by atoms with van der Waals surface area (Å²) in [6.45, 7) is 3.59. The number of ether oxygens (including phenoxy) is 2. The van der Waals surface area contributed by atoms with Gasteiger partial charge in [0.05, 0.1) is 17.0 Å². The molecule has 32 heavy (non-hydrogen) atoms. The van der Waals surface area contributed by atoms with Gasteiger partial charge in [-0.3, -0.25) is 9.59 Å². The number of carbonyl (C=O) groups is 2. The second-order valence-corrected chi connectivity index (χ2v) is 9.03. The zero-order valence-electron chi connectivity index (χ0n) is 17.9. The third-order valence-corrected chi connectivity index (χ3v) is 5.80. The van der Waals surface area contributed by atoms with E-state index in [0.717, 1.165) is 5.56 Å². The summed E-state index contributed by atoms with van der Waals surface area (Å²) >= 11 is 7.38. The summed E-state index contributed by atoms with van der Waals surface area (Å²) in [4.78, 5) is 25.4. The van der Waals surface area contributed by atoms with Crippen LogP contribution in [0.5, 0.6) is 17.2 Å². The maximum absolute atomic E-state index is 12.6. The van der Waals surface area contributed by atoms with E-state index in [2.05, 4.69) is 10.6 Å². The normalized spacial score (nSPS) is 11.0. The molecule has 3 aromatic rings. The van der Waals surface area contributed by atoms with Crippen molar-refractivity contribution >= 4 is 47.4 Å².